The normalized spacial score (nSPS) is 16.4. The molecule has 1 fully saturated rings. The summed E-state index contributed by atoms with van der Waals surface area (Å²) in [5, 5.41) is 17.5. The molecule has 2 atom stereocenters. The Hall–Kier alpha value is -2.97. The molecular weight excluding hydrogens is 438 g/mol. The third-order valence-corrected chi connectivity index (χ3v) is 6.63. The Morgan fingerprint density at radius 1 is 1.35 bits per heavy atom. The van der Waals surface area contributed by atoms with Crippen molar-refractivity contribution in [2.24, 2.45) is 0 Å². The van der Waals surface area contributed by atoms with Gasteiger partial charge in [-0.1, -0.05) is 5.16 Å². The number of carbonyl (C=O) groups excluding carboxylic acids is 3. The number of rotatable bonds is 7. The number of aryl methyl sites for hydroxylation is 1. The summed E-state index contributed by atoms with van der Waals surface area (Å²) in [6.07, 6.45) is 0. The zero-order chi connectivity index (χ0) is 22.4. The number of amides is 3. The molecule has 0 unspecified atom stereocenters. The highest BCUT2D eigenvalue weighted by atomic mass is 32.2. The van der Waals surface area contributed by atoms with Gasteiger partial charge in [0.1, 0.15) is 11.8 Å². The molecule has 0 saturated carbocycles. The number of aromatic nitrogens is 1. The minimum absolute atomic E-state index is 0.0770. The topological polar surface area (TPSA) is 128 Å². The molecule has 3 amide bonds. The van der Waals surface area contributed by atoms with Crippen LogP contribution in [0.2, 0.25) is 0 Å². The molecule has 1 aromatic carbocycles. The summed E-state index contributed by atoms with van der Waals surface area (Å²) < 4.78 is 4.91. The number of nitrogens with one attached hydrogen (secondary N) is 2. The Labute approximate surface area is 187 Å². The Morgan fingerprint density at radius 2 is 2.10 bits per heavy atom. The summed E-state index contributed by atoms with van der Waals surface area (Å²) in [4.78, 5) is 39.1. The zero-order valence-corrected chi connectivity index (χ0v) is 18.6. The van der Waals surface area contributed by atoms with Crippen LogP contribution < -0.4 is 10.6 Å². The second-order valence-electron chi connectivity index (χ2n) is 6.82. The van der Waals surface area contributed by atoms with E-state index in [0.29, 0.717) is 34.5 Å². The first kappa shape index (κ1) is 22.7. The quantitative estimate of drug-likeness (QED) is 0.646. The van der Waals surface area contributed by atoms with E-state index >= 15 is 0 Å². The number of nitrogens with zero attached hydrogens (tertiary/aromatic N) is 3. The molecule has 1 aliphatic heterocycles. The van der Waals surface area contributed by atoms with Crippen LogP contribution in [0.3, 0.4) is 0 Å². The lowest BCUT2D eigenvalue weighted by atomic mass is 10.2. The maximum Gasteiger partial charge on any atom is 0.248 e. The maximum absolute atomic E-state index is 12.7. The fraction of sp³-hybridized carbons (Fsp3) is 0.350. The summed E-state index contributed by atoms with van der Waals surface area (Å²) in [6.45, 7) is 3.43. The molecule has 162 valence electrons. The van der Waals surface area contributed by atoms with E-state index in [1.54, 1.807) is 44.2 Å². The van der Waals surface area contributed by atoms with E-state index in [0.717, 1.165) is 0 Å². The van der Waals surface area contributed by atoms with E-state index in [-0.39, 0.29) is 23.5 Å². The number of hydrogen-bond acceptors (Lipinski definition) is 8. The second kappa shape index (κ2) is 10.4. The molecule has 1 saturated heterocycles. The second-order valence-corrected chi connectivity index (χ2v) is 9.15. The van der Waals surface area contributed by atoms with Crippen LogP contribution in [-0.4, -0.2) is 56.5 Å². The summed E-state index contributed by atoms with van der Waals surface area (Å²) in [6, 6.07) is 9.58. The first-order valence-corrected chi connectivity index (χ1v) is 11.6. The summed E-state index contributed by atoms with van der Waals surface area (Å²) in [5.74, 6) is 1.15. The highest BCUT2D eigenvalue weighted by Gasteiger charge is 2.35. The molecule has 9 nitrogen and oxygen atoms in total. The minimum atomic E-state index is -0.587. The van der Waals surface area contributed by atoms with Gasteiger partial charge in [-0.15, -0.1) is 23.5 Å². The zero-order valence-electron chi connectivity index (χ0n) is 17.0. The molecule has 0 aliphatic carbocycles. The minimum Gasteiger partial charge on any atom is -0.360 e. The fourth-order valence-corrected chi connectivity index (χ4v) is 4.72. The third kappa shape index (κ3) is 6.02. The number of hydrogen-bond donors (Lipinski definition) is 2. The lowest BCUT2D eigenvalue weighted by Crippen LogP contribution is -2.45. The molecule has 0 radical (unpaired) electrons. The van der Waals surface area contributed by atoms with Crippen LogP contribution >= 0.6 is 23.5 Å². The van der Waals surface area contributed by atoms with Crippen molar-refractivity contribution in [1.29, 1.82) is 5.26 Å². The molecule has 0 bridgehead atoms. The number of nitriles is 1. The molecule has 0 spiro atoms. The number of benzene rings is 1. The standard InChI is InChI=1S/C20H21N5O4S2/c1-12-7-17(24-29-12)23-19(27)13(2)31-10-18(26)25-11-30-9-16(25)20(28)22-15-5-3-14(8-21)4-6-15/h3-7,13,16H,9-11H2,1-2H3,(H,22,28)(H,23,24,27)/t13-,16-/m0/s1. The van der Waals surface area contributed by atoms with Crippen molar-refractivity contribution in [3.05, 3.63) is 41.7 Å². The van der Waals surface area contributed by atoms with Gasteiger partial charge in [0.2, 0.25) is 17.7 Å². The average molecular weight is 460 g/mol. The molecule has 1 aromatic heterocycles. The Morgan fingerprint density at radius 3 is 2.74 bits per heavy atom. The third-order valence-electron chi connectivity index (χ3n) is 4.49. The van der Waals surface area contributed by atoms with Crippen LogP contribution in [0.1, 0.15) is 18.2 Å². The van der Waals surface area contributed by atoms with E-state index in [1.165, 1.54) is 28.4 Å². The highest BCUT2D eigenvalue weighted by molar-refractivity contribution is 8.01. The van der Waals surface area contributed by atoms with Gasteiger partial charge < -0.3 is 20.1 Å². The van der Waals surface area contributed by atoms with Gasteiger partial charge in [0, 0.05) is 17.5 Å². The Bertz CT molecular complexity index is 1000. The van der Waals surface area contributed by atoms with Gasteiger partial charge in [-0.05, 0) is 38.1 Å². The van der Waals surface area contributed by atoms with Gasteiger partial charge >= 0.3 is 0 Å². The molecule has 3 rings (SSSR count). The maximum atomic E-state index is 12.7. The van der Waals surface area contributed by atoms with Gasteiger partial charge in [0.15, 0.2) is 5.82 Å². The molecule has 2 aromatic rings. The first-order valence-electron chi connectivity index (χ1n) is 9.41. The molecule has 31 heavy (non-hydrogen) atoms. The lowest BCUT2D eigenvalue weighted by Gasteiger charge is -2.23. The smallest absolute Gasteiger partial charge is 0.248 e. The van der Waals surface area contributed by atoms with E-state index < -0.39 is 11.3 Å². The summed E-state index contributed by atoms with van der Waals surface area (Å²) in [5.41, 5.74) is 1.07. The van der Waals surface area contributed by atoms with Crippen molar-refractivity contribution >= 4 is 52.8 Å². The van der Waals surface area contributed by atoms with Gasteiger partial charge in [-0.25, -0.2) is 0 Å². The average Bonchev–Trinajstić information content (AvgIpc) is 3.41. The SMILES string of the molecule is Cc1cc(NC(=O)[C@H](C)SCC(=O)N2CSC[C@H]2C(=O)Nc2ccc(C#N)cc2)no1. The highest BCUT2D eigenvalue weighted by Crippen LogP contribution is 2.24. The fourth-order valence-electron chi connectivity index (χ4n) is 2.77. The van der Waals surface area contributed by atoms with Crippen molar-refractivity contribution in [2.45, 2.75) is 25.1 Å². The number of thioether (sulfide) groups is 2. The largest absolute Gasteiger partial charge is 0.360 e. The molecule has 1 aliphatic rings. The van der Waals surface area contributed by atoms with Crippen LogP contribution in [0.15, 0.2) is 34.9 Å². The number of carbonyl (C=O) groups is 3. The van der Waals surface area contributed by atoms with E-state index in [1.807, 2.05) is 6.07 Å². The molecular formula is C20H21N5O4S2. The predicted molar refractivity (Wildman–Crippen MR) is 120 cm³/mol. The van der Waals surface area contributed by atoms with E-state index in [2.05, 4.69) is 15.8 Å². The Balaban J connectivity index is 1.50. The van der Waals surface area contributed by atoms with Crippen LogP contribution in [0.4, 0.5) is 11.5 Å². The van der Waals surface area contributed by atoms with Crippen LogP contribution in [0.5, 0.6) is 0 Å². The van der Waals surface area contributed by atoms with Crippen molar-refractivity contribution in [2.75, 3.05) is 28.0 Å². The van der Waals surface area contributed by atoms with Crippen LogP contribution in [0, 0.1) is 18.3 Å². The van der Waals surface area contributed by atoms with E-state index in [4.69, 9.17) is 9.78 Å². The molecule has 2 heterocycles. The monoisotopic (exact) mass is 459 g/mol. The lowest BCUT2D eigenvalue weighted by molar-refractivity contribution is -0.134. The van der Waals surface area contributed by atoms with Crippen LogP contribution in [0.25, 0.3) is 0 Å². The first-order chi connectivity index (χ1) is 14.9. The molecule has 11 heteroatoms. The summed E-state index contributed by atoms with van der Waals surface area (Å²) >= 11 is 2.70. The van der Waals surface area contributed by atoms with Crippen molar-refractivity contribution < 1.29 is 18.9 Å². The van der Waals surface area contributed by atoms with Crippen LogP contribution in [-0.2, 0) is 14.4 Å². The van der Waals surface area contributed by atoms with Gasteiger partial charge in [-0.2, -0.15) is 5.26 Å². The molecule has 2 N–H and O–H groups in total. The van der Waals surface area contributed by atoms with E-state index in [9.17, 15) is 14.4 Å². The number of anilines is 2. The van der Waals surface area contributed by atoms with Gasteiger partial charge in [0.25, 0.3) is 0 Å². The Kier molecular flexibility index (Phi) is 7.59. The van der Waals surface area contributed by atoms with Gasteiger partial charge in [0.05, 0.1) is 28.5 Å². The summed E-state index contributed by atoms with van der Waals surface area (Å²) in [7, 11) is 0. The predicted octanol–water partition coefficient (Wildman–Crippen LogP) is 2.46. The van der Waals surface area contributed by atoms with Crippen molar-refractivity contribution in [1.82, 2.24) is 10.1 Å². The van der Waals surface area contributed by atoms with Crippen molar-refractivity contribution in [3.8, 4) is 6.07 Å². The van der Waals surface area contributed by atoms with Crippen molar-refractivity contribution in [3.63, 3.8) is 0 Å². The van der Waals surface area contributed by atoms with Gasteiger partial charge in [-0.3, -0.25) is 14.4 Å².